The monoisotopic (exact) mass is 374 g/mol. The first-order valence-electron chi connectivity index (χ1n) is 8.72. The molecule has 0 aliphatic carbocycles. The van der Waals surface area contributed by atoms with Gasteiger partial charge in [-0.3, -0.25) is 0 Å². The van der Waals surface area contributed by atoms with E-state index in [9.17, 15) is 14.8 Å². The SMILES string of the molecule is O=P(c1ccccc1)(c1ccccc1)C(O)c1c(O)ccc2ccccc12. The average Bonchev–Trinajstić information content (AvgIpc) is 2.74. The molecule has 2 N–H and O–H groups in total. The lowest BCUT2D eigenvalue weighted by atomic mass is 10.0. The Hall–Kier alpha value is -2.87. The number of hydrogen-bond donors (Lipinski definition) is 2. The maximum atomic E-state index is 14.4. The van der Waals surface area contributed by atoms with Gasteiger partial charge in [0.2, 0.25) is 0 Å². The summed E-state index contributed by atoms with van der Waals surface area (Å²) in [5, 5.41) is 24.6. The Kier molecular flexibility index (Phi) is 4.57. The van der Waals surface area contributed by atoms with E-state index in [0.29, 0.717) is 21.6 Å². The molecule has 27 heavy (non-hydrogen) atoms. The minimum Gasteiger partial charge on any atom is -0.508 e. The summed E-state index contributed by atoms with van der Waals surface area (Å²) < 4.78 is 14.4. The van der Waals surface area contributed by atoms with Gasteiger partial charge in [0, 0.05) is 16.2 Å². The van der Waals surface area contributed by atoms with Crippen LogP contribution in [-0.4, -0.2) is 10.2 Å². The van der Waals surface area contributed by atoms with E-state index < -0.39 is 13.0 Å². The highest BCUT2D eigenvalue weighted by molar-refractivity contribution is 7.78. The molecule has 1 atom stereocenters. The largest absolute Gasteiger partial charge is 0.508 e. The Balaban J connectivity index is 2.01. The van der Waals surface area contributed by atoms with Crippen LogP contribution in [0.5, 0.6) is 5.75 Å². The van der Waals surface area contributed by atoms with E-state index in [0.717, 1.165) is 5.39 Å². The van der Waals surface area contributed by atoms with Crippen LogP contribution in [0.1, 0.15) is 11.4 Å². The summed E-state index contributed by atoms with van der Waals surface area (Å²) in [5.74, 6) is -1.43. The fourth-order valence-corrected chi connectivity index (χ4v) is 6.20. The number of hydrogen-bond acceptors (Lipinski definition) is 3. The molecule has 0 fully saturated rings. The molecule has 134 valence electrons. The van der Waals surface area contributed by atoms with E-state index in [2.05, 4.69) is 0 Å². The van der Waals surface area contributed by atoms with Crippen molar-refractivity contribution >= 4 is 28.5 Å². The van der Waals surface area contributed by atoms with E-state index >= 15 is 0 Å². The molecule has 4 aromatic rings. The number of rotatable bonds is 4. The van der Waals surface area contributed by atoms with E-state index in [-0.39, 0.29) is 5.75 Å². The summed E-state index contributed by atoms with van der Waals surface area (Å²) >= 11 is 0. The van der Waals surface area contributed by atoms with E-state index in [1.54, 1.807) is 60.7 Å². The van der Waals surface area contributed by atoms with Gasteiger partial charge >= 0.3 is 0 Å². The molecule has 0 radical (unpaired) electrons. The summed E-state index contributed by atoms with van der Waals surface area (Å²) in [7, 11) is -3.47. The fraction of sp³-hybridized carbons (Fsp3) is 0.0435. The summed E-state index contributed by atoms with van der Waals surface area (Å²) in [6.45, 7) is 0. The first kappa shape index (κ1) is 17.5. The molecule has 3 nitrogen and oxygen atoms in total. The van der Waals surface area contributed by atoms with Gasteiger partial charge in [-0.05, 0) is 16.8 Å². The molecule has 0 saturated carbocycles. The maximum absolute atomic E-state index is 14.4. The standard InChI is InChI=1S/C23H19O3P/c24-21-16-15-17-9-7-8-14-20(17)22(21)23(25)27(26,18-10-3-1-4-11-18)19-12-5-2-6-13-19/h1-16,23-25H. The Labute approximate surface area is 157 Å². The smallest absolute Gasteiger partial charge is 0.174 e. The van der Waals surface area contributed by atoms with Crippen molar-refractivity contribution in [2.45, 2.75) is 5.85 Å². The van der Waals surface area contributed by atoms with Gasteiger partial charge in [-0.15, -0.1) is 0 Å². The molecular weight excluding hydrogens is 355 g/mol. The molecule has 0 aliphatic heterocycles. The van der Waals surface area contributed by atoms with Crippen LogP contribution in [-0.2, 0) is 4.57 Å². The first-order valence-corrected chi connectivity index (χ1v) is 10.5. The van der Waals surface area contributed by atoms with Crippen molar-refractivity contribution in [3.05, 3.63) is 103 Å². The van der Waals surface area contributed by atoms with Crippen LogP contribution in [0.3, 0.4) is 0 Å². The van der Waals surface area contributed by atoms with Gasteiger partial charge in [0.15, 0.2) is 7.14 Å². The molecule has 0 spiro atoms. The molecule has 0 aliphatic rings. The van der Waals surface area contributed by atoms with Gasteiger partial charge in [0.05, 0.1) is 0 Å². The van der Waals surface area contributed by atoms with Crippen molar-refractivity contribution in [1.29, 1.82) is 0 Å². The summed E-state index contributed by atoms with van der Waals surface area (Å²) in [4.78, 5) is 0. The normalized spacial score (nSPS) is 12.8. The molecule has 0 bridgehead atoms. The molecule has 4 heteroatoms. The zero-order valence-electron chi connectivity index (χ0n) is 14.6. The van der Waals surface area contributed by atoms with Crippen LogP contribution in [0.25, 0.3) is 10.8 Å². The number of phenolic OH excluding ortho intramolecular Hbond substituents is 1. The molecule has 1 unspecified atom stereocenters. The number of benzene rings is 4. The average molecular weight is 374 g/mol. The predicted molar refractivity (Wildman–Crippen MR) is 110 cm³/mol. The van der Waals surface area contributed by atoms with Crippen LogP contribution in [0.15, 0.2) is 97.1 Å². The highest BCUT2D eigenvalue weighted by atomic mass is 31.2. The highest BCUT2D eigenvalue weighted by Gasteiger charge is 2.38. The maximum Gasteiger partial charge on any atom is 0.174 e. The molecule has 4 aromatic carbocycles. The van der Waals surface area contributed by atoms with E-state index in [1.165, 1.54) is 0 Å². The second-order valence-electron chi connectivity index (χ2n) is 6.42. The lowest BCUT2D eigenvalue weighted by Crippen LogP contribution is -2.21. The minimum atomic E-state index is -3.47. The third-order valence-corrected chi connectivity index (χ3v) is 7.91. The van der Waals surface area contributed by atoms with Gasteiger partial charge in [0.1, 0.15) is 11.6 Å². The zero-order valence-corrected chi connectivity index (χ0v) is 15.5. The Morgan fingerprint density at radius 3 is 1.78 bits per heavy atom. The van der Waals surface area contributed by atoms with Gasteiger partial charge < -0.3 is 14.8 Å². The molecule has 4 rings (SSSR count). The van der Waals surface area contributed by atoms with Crippen LogP contribution < -0.4 is 10.6 Å². The Bertz CT molecular complexity index is 1080. The van der Waals surface area contributed by atoms with Crippen LogP contribution in [0.4, 0.5) is 0 Å². The van der Waals surface area contributed by atoms with Gasteiger partial charge in [-0.1, -0.05) is 91.0 Å². The number of aromatic hydroxyl groups is 1. The molecule has 0 heterocycles. The minimum absolute atomic E-state index is 0.0618. The molecule has 0 saturated heterocycles. The molecular formula is C23H19O3P. The third kappa shape index (κ3) is 2.95. The second-order valence-corrected chi connectivity index (χ2v) is 9.26. The van der Waals surface area contributed by atoms with Gasteiger partial charge in [-0.25, -0.2) is 0 Å². The number of aliphatic hydroxyl groups is 1. The summed E-state index contributed by atoms with van der Waals surface area (Å²) in [6, 6.07) is 28.8. The summed E-state index contributed by atoms with van der Waals surface area (Å²) in [5.41, 5.74) is 0.295. The highest BCUT2D eigenvalue weighted by Crippen LogP contribution is 2.58. The van der Waals surface area contributed by atoms with Crippen molar-refractivity contribution < 1.29 is 14.8 Å². The predicted octanol–water partition coefficient (Wildman–Crippen LogP) is 4.55. The molecule has 0 aromatic heterocycles. The van der Waals surface area contributed by atoms with Crippen molar-refractivity contribution in [3.63, 3.8) is 0 Å². The Morgan fingerprint density at radius 2 is 1.19 bits per heavy atom. The van der Waals surface area contributed by atoms with E-state index in [1.807, 2.05) is 36.4 Å². The van der Waals surface area contributed by atoms with Crippen molar-refractivity contribution in [1.82, 2.24) is 0 Å². The lowest BCUT2D eigenvalue weighted by molar-refractivity contribution is 0.253. The van der Waals surface area contributed by atoms with Gasteiger partial charge in [0.25, 0.3) is 0 Å². The van der Waals surface area contributed by atoms with E-state index in [4.69, 9.17) is 0 Å². The number of aliphatic hydroxyl groups excluding tert-OH is 1. The van der Waals surface area contributed by atoms with Crippen molar-refractivity contribution in [2.75, 3.05) is 0 Å². The Morgan fingerprint density at radius 1 is 0.667 bits per heavy atom. The van der Waals surface area contributed by atoms with Crippen LogP contribution >= 0.6 is 7.14 Å². The number of fused-ring (bicyclic) bond motifs is 1. The number of phenols is 1. The quantitative estimate of drug-likeness (QED) is 0.515. The lowest BCUT2D eigenvalue weighted by Gasteiger charge is -2.26. The van der Waals surface area contributed by atoms with Crippen molar-refractivity contribution in [2.24, 2.45) is 0 Å². The van der Waals surface area contributed by atoms with Crippen LogP contribution in [0.2, 0.25) is 0 Å². The fourth-order valence-electron chi connectivity index (χ4n) is 3.47. The first-order chi connectivity index (χ1) is 13.1. The zero-order chi connectivity index (χ0) is 18.9. The molecule has 0 amide bonds. The van der Waals surface area contributed by atoms with Gasteiger partial charge in [-0.2, -0.15) is 0 Å². The van der Waals surface area contributed by atoms with Crippen molar-refractivity contribution in [3.8, 4) is 5.75 Å². The summed E-state index contributed by atoms with van der Waals surface area (Å²) in [6.07, 6.45) is 0. The second kappa shape index (κ2) is 7.03. The third-order valence-electron chi connectivity index (χ3n) is 4.83. The van der Waals surface area contributed by atoms with Crippen LogP contribution in [0, 0.1) is 0 Å². The topological polar surface area (TPSA) is 57.5 Å².